The molecule has 10 heteroatoms. The van der Waals surface area contributed by atoms with Crippen LogP contribution in [0.25, 0.3) is 10.2 Å². The molecule has 8 nitrogen and oxygen atoms in total. The highest BCUT2D eigenvalue weighted by Crippen LogP contribution is 2.28. The summed E-state index contributed by atoms with van der Waals surface area (Å²) in [5, 5.41) is 16.9. The van der Waals surface area contributed by atoms with Crippen molar-refractivity contribution in [3.05, 3.63) is 63.2 Å². The van der Waals surface area contributed by atoms with E-state index in [-0.39, 0.29) is 30.1 Å². The van der Waals surface area contributed by atoms with Gasteiger partial charge in [-0.05, 0) is 30.3 Å². The van der Waals surface area contributed by atoms with Crippen LogP contribution in [-0.4, -0.2) is 28.3 Å². The number of amides is 2. The zero-order chi connectivity index (χ0) is 19.4. The number of nitrogens with one attached hydrogen (secondary N) is 2. The van der Waals surface area contributed by atoms with Crippen molar-refractivity contribution in [3.8, 4) is 0 Å². The van der Waals surface area contributed by atoms with Gasteiger partial charge in [-0.3, -0.25) is 19.7 Å². The highest BCUT2D eigenvalue weighted by Gasteiger charge is 2.11. The van der Waals surface area contributed by atoms with Crippen molar-refractivity contribution >= 4 is 55.8 Å². The van der Waals surface area contributed by atoms with Crippen molar-refractivity contribution in [2.75, 3.05) is 11.9 Å². The van der Waals surface area contributed by atoms with Crippen LogP contribution in [0.5, 0.6) is 0 Å². The largest absolute Gasteiger partial charge is 0.352 e. The third-order valence-electron chi connectivity index (χ3n) is 3.57. The fraction of sp³-hybridized carbons (Fsp3) is 0.118. The fourth-order valence-electron chi connectivity index (χ4n) is 2.26. The van der Waals surface area contributed by atoms with Crippen molar-refractivity contribution in [2.24, 2.45) is 0 Å². The van der Waals surface area contributed by atoms with E-state index in [0.717, 1.165) is 10.2 Å². The Hall–Kier alpha value is -3.04. The minimum absolute atomic E-state index is 0.0649. The minimum atomic E-state index is -0.540. The summed E-state index contributed by atoms with van der Waals surface area (Å²) in [5.74, 6) is -0.698. The zero-order valence-electron chi connectivity index (χ0n) is 13.8. The fourth-order valence-corrected chi connectivity index (χ4v) is 3.42. The van der Waals surface area contributed by atoms with Gasteiger partial charge in [0, 0.05) is 35.7 Å². The summed E-state index contributed by atoms with van der Waals surface area (Å²) >= 11 is 7.23. The van der Waals surface area contributed by atoms with E-state index in [0.29, 0.717) is 10.2 Å². The number of carbonyl (C=O) groups excluding carboxylic acids is 2. The first-order chi connectivity index (χ1) is 12.9. The van der Waals surface area contributed by atoms with Gasteiger partial charge in [-0.15, -0.1) is 0 Å². The molecule has 0 aliphatic rings. The molecule has 0 unspecified atom stereocenters. The van der Waals surface area contributed by atoms with Crippen molar-refractivity contribution in [1.29, 1.82) is 0 Å². The number of aromatic nitrogens is 1. The molecule has 2 amide bonds. The number of nitro benzene ring substituents is 1. The van der Waals surface area contributed by atoms with E-state index in [1.165, 1.54) is 35.6 Å². The summed E-state index contributed by atoms with van der Waals surface area (Å²) in [5.41, 5.74) is 0.929. The zero-order valence-corrected chi connectivity index (χ0v) is 15.3. The lowest BCUT2D eigenvalue weighted by molar-refractivity contribution is -0.384. The molecule has 2 N–H and O–H groups in total. The molecule has 0 radical (unpaired) electrons. The van der Waals surface area contributed by atoms with Crippen molar-refractivity contribution in [1.82, 2.24) is 10.3 Å². The molecule has 0 fully saturated rings. The second-order valence-corrected chi connectivity index (χ2v) is 6.96. The van der Waals surface area contributed by atoms with Crippen molar-refractivity contribution in [2.45, 2.75) is 6.42 Å². The van der Waals surface area contributed by atoms with E-state index in [1.54, 1.807) is 18.2 Å². The van der Waals surface area contributed by atoms with E-state index in [1.807, 2.05) is 0 Å². The molecule has 0 aliphatic carbocycles. The Morgan fingerprint density at radius 1 is 1.19 bits per heavy atom. The summed E-state index contributed by atoms with van der Waals surface area (Å²) in [6.07, 6.45) is 0.0649. The topological polar surface area (TPSA) is 114 Å². The standard InChI is InChI=1S/C17H13ClN4O4S/c18-11-3-6-13-14(9-11)27-17(20-13)21-15(23)7-8-19-16(24)10-1-4-12(5-2-10)22(25)26/h1-6,9H,7-8H2,(H,19,24)(H,20,21,23). The number of hydrogen-bond donors (Lipinski definition) is 2. The average molecular weight is 405 g/mol. The van der Waals surface area contributed by atoms with Gasteiger partial charge in [0.25, 0.3) is 11.6 Å². The van der Waals surface area contributed by atoms with Gasteiger partial charge >= 0.3 is 0 Å². The number of rotatable bonds is 6. The molecule has 0 saturated carbocycles. The second kappa shape index (κ2) is 8.11. The number of fused-ring (bicyclic) bond motifs is 1. The lowest BCUT2D eigenvalue weighted by Crippen LogP contribution is -2.27. The van der Waals surface area contributed by atoms with Crippen LogP contribution in [0, 0.1) is 10.1 Å². The van der Waals surface area contributed by atoms with Crippen molar-refractivity contribution < 1.29 is 14.5 Å². The van der Waals surface area contributed by atoms with Crippen LogP contribution < -0.4 is 10.6 Å². The molecule has 0 atom stereocenters. The van der Waals surface area contributed by atoms with Crippen LogP contribution in [0.2, 0.25) is 5.02 Å². The van der Waals surface area contributed by atoms with Gasteiger partial charge in [0.15, 0.2) is 5.13 Å². The first-order valence-corrected chi connectivity index (χ1v) is 9.00. The summed E-state index contributed by atoms with van der Waals surface area (Å²) in [6, 6.07) is 10.5. The molecule has 0 bridgehead atoms. The molecule has 138 valence electrons. The molecule has 0 saturated heterocycles. The Balaban J connectivity index is 1.49. The third-order valence-corrected chi connectivity index (χ3v) is 4.74. The van der Waals surface area contributed by atoms with Crippen LogP contribution >= 0.6 is 22.9 Å². The molecular weight excluding hydrogens is 392 g/mol. The summed E-state index contributed by atoms with van der Waals surface area (Å²) in [6.45, 7) is 0.123. The number of thiazole rings is 1. The first-order valence-electron chi connectivity index (χ1n) is 7.81. The molecule has 3 aromatic rings. The number of benzene rings is 2. The van der Waals surface area contributed by atoms with Gasteiger partial charge in [-0.2, -0.15) is 0 Å². The van der Waals surface area contributed by atoms with E-state index >= 15 is 0 Å². The number of non-ortho nitro benzene ring substituents is 1. The van der Waals surface area contributed by atoms with Gasteiger partial charge < -0.3 is 10.6 Å². The molecule has 2 aromatic carbocycles. The summed E-state index contributed by atoms with van der Waals surface area (Å²) in [7, 11) is 0. The lowest BCUT2D eigenvalue weighted by atomic mass is 10.2. The predicted molar refractivity (Wildman–Crippen MR) is 103 cm³/mol. The van der Waals surface area contributed by atoms with E-state index in [2.05, 4.69) is 15.6 Å². The Labute approximate surface area is 162 Å². The molecular formula is C17H13ClN4O4S. The predicted octanol–water partition coefficient (Wildman–Crippen LogP) is 3.62. The molecule has 0 aliphatic heterocycles. The average Bonchev–Trinajstić information content (AvgIpc) is 3.02. The SMILES string of the molecule is O=C(CCNC(=O)c1ccc([N+](=O)[O-])cc1)Nc1nc2ccc(Cl)cc2s1. The van der Waals surface area contributed by atoms with E-state index in [9.17, 15) is 19.7 Å². The Morgan fingerprint density at radius 2 is 1.93 bits per heavy atom. The highest BCUT2D eigenvalue weighted by atomic mass is 35.5. The number of nitrogens with zero attached hydrogens (tertiary/aromatic N) is 2. The third kappa shape index (κ3) is 4.78. The highest BCUT2D eigenvalue weighted by molar-refractivity contribution is 7.22. The number of nitro groups is 1. The van der Waals surface area contributed by atoms with Crippen LogP contribution in [0.4, 0.5) is 10.8 Å². The maximum atomic E-state index is 12.0. The van der Waals surface area contributed by atoms with Crippen LogP contribution in [0.15, 0.2) is 42.5 Å². The first kappa shape index (κ1) is 18.7. The summed E-state index contributed by atoms with van der Waals surface area (Å²) in [4.78, 5) is 38.3. The Bertz CT molecular complexity index is 1020. The van der Waals surface area contributed by atoms with Gasteiger partial charge in [0.2, 0.25) is 5.91 Å². The molecule has 0 spiro atoms. The van der Waals surface area contributed by atoms with Crippen LogP contribution in [-0.2, 0) is 4.79 Å². The van der Waals surface area contributed by atoms with E-state index < -0.39 is 10.8 Å². The monoisotopic (exact) mass is 404 g/mol. The van der Waals surface area contributed by atoms with Gasteiger partial charge in [0.05, 0.1) is 15.1 Å². The quantitative estimate of drug-likeness (QED) is 0.481. The number of halogens is 1. The van der Waals surface area contributed by atoms with Crippen molar-refractivity contribution in [3.63, 3.8) is 0 Å². The van der Waals surface area contributed by atoms with Gasteiger partial charge in [-0.25, -0.2) is 4.98 Å². The van der Waals surface area contributed by atoms with Gasteiger partial charge in [0.1, 0.15) is 0 Å². The maximum Gasteiger partial charge on any atom is 0.269 e. The second-order valence-electron chi connectivity index (χ2n) is 5.49. The Kier molecular flexibility index (Phi) is 5.63. The number of hydrogen-bond acceptors (Lipinski definition) is 6. The molecule has 1 aromatic heterocycles. The van der Waals surface area contributed by atoms with Crippen LogP contribution in [0.3, 0.4) is 0 Å². The normalized spacial score (nSPS) is 10.6. The van der Waals surface area contributed by atoms with Crippen LogP contribution in [0.1, 0.15) is 16.8 Å². The Morgan fingerprint density at radius 3 is 2.63 bits per heavy atom. The van der Waals surface area contributed by atoms with E-state index in [4.69, 9.17) is 11.6 Å². The summed E-state index contributed by atoms with van der Waals surface area (Å²) < 4.78 is 0.865. The number of carbonyl (C=O) groups is 2. The minimum Gasteiger partial charge on any atom is -0.352 e. The van der Waals surface area contributed by atoms with Gasteiger partial charge in [-0.1, -0.05) is 22.9 Å². The lowest BCUT2D eigenvalue weighted by Gasteiger charge is -2.05. The smallest absolute Gasteiger partial charge is 0.269 e. The maximum absolute atomic E-state index is 12.0. The molecule has 3 rings (SSSR count). The molecule has 27 heavy (non-hydrogen) atoms. The molecule has 1 heterocycles. The number of anilines is 1.